The van der Waals surface area contributed by atoms with E-state index in [0.717, 1.165) is 6.07 Å². The molecule has 0 saturated heterocycles. The van der Waals surface area contributed by atoms with Crippen LogP contribution < -0.4 is 5.73 Å². The van der Waals surface area contributed by atoms with Gasteiger partial charge in [-0.2, -0.15) is 0 Å². The highest BCUT2D eigenvalue weighted by molar-refractivity contribution is 6.33. The summed E-state index contributed by atoms with van der Waals surface area (Å²) in [7, 11) is 0. The maximum absolute atomic E-state index is 12.7. The van der Waals surface area contributed by atoms with E-state index in [1.807, 2.05) is 0 Å². The topological polar surface area (TPSA) is 26.0 Å². The molecule has 0 amide bonds. The normalized spacial score (nSPS) is 10.9. The van der Waals surface area contributed by atoms with Crippen molar-refractivity contribution in [3.63, 3.8) is 0 Å². The van der Waals surface area contributed by atoms with Crippen LogP contribution in [-0.2, 0) is 0 Å². The minimum Gasteiger partial charge on any atom is -0.396 e. The molecule has 1 rings (SSSR count). The Morgan fingerprint density at radius 2 is 2.08 bits per heavy atom. The number of nitrogen functional groups attached to an aromatic ring is 1. The van der Waals surface area contributed by atoms with Crippen molar-refractivity contribution in [1.82, 2.24) is 0 Å². The van der Waals surface area contributed by atoms with E-state index in [9.17, 15) is 4.39 Å². The molecule has 0 bridgehead atoms. The summed E-state index contributed by atoms with van der Waals surface area (Å²) in [5, 5.41) is 0.290. The lowest BCUT2D eigenvalue weighted by atomic mass is 10.2. The summed E-state index contributed by atoms with van der Waals surface area (Å²) in [5.74, 6) is -0.522. The Morgan fingerprint density at radius 3 is 2.67 bits per heavy atom. The van der Waals surface area contributed by atoms with Crippen LogP contribution >= 0.6 is 23.2 Å². The first-order valence-electron chi connectivity index (χ1n) is 3.16. The Bertz CT molecular complexity index is 323. The van der Waals surface area contributed by atoms with Gasteiger partial charge in [0.1, 0.15) is 5.82 Å². The lowest BCUT2D eigenvalue weighted by Gasteiger charge is -2.00. The van der Waals surface area contributed by atoms with Gasteiger partial charge in [-0.05, 0) is 23.8 Å². The smallest absolute Gasteiger partial charge is 0.147 e. The molecular weight excluding hydrogens is 200 g/mol. The molecule has 1 nitrogen and oxygen atoms in total. The molecule has 0 heterocycles. The first-order chi connectivity index (χ1) is 5.65. The Balaban J connectivity index is 3.23. The number of hydrogen-bond acceptors (Lipinski definition) is 1. The monoisotopic (exact) mass is 205 g/mol. The predicted octanol–water partition coefficient (Wildman–Crippen LogP) is 3.27. The van der Waals surface area contributed by atoms with Gasteiger partial charge < -0.3 is 5.73 Å². The van der Waals surface area contributed by atoms with E-state index in [0.29, 0.717) is 10.6 Å². The third-order valence-corrected chi connectivity index (χ3v) is 1.81. The van der Waals surface area contributed by atoms with Crippen molar-refractivity contribution in [2.45, 2.75) is 0 Å². The number of benzene rings is 1. The van der Waals surface area contributed by atoms with Crippen molar-refractivity contribution in [1.29, 1.82) is 0 Å². The van der Waals surface area contributed by atoms with Crippen molar-refractivity contribution in [2.24, 2.45) is 0 Å². The minimum absolute atomic E-state index is 0.0594. The summed E-state index contributed by atoms with van der Waals surface area (Å²) < 4.78 is 12.7. The fraction of sp³-hybridized carbons (Fsp3) is 0. The molecule has 0 unspecified atom stereocenters. The Labute approximate surface area is 79.6 Å². The molecule has 4 heteroatoms. The number of halogens is 3. The van der Waals surface area contributed by atoms with Crippen LogP contribution in [0.1, 0.15) is 5.56 Å². The SMILES string of the molecule is Nc1cc(C=CCl)c(Cl)cc1F. The van der Waals surface area contributed by atoms with E-state index >= 15 is 0 Å². The van der Waals surface area contributed by atoms with Crippen LogP contribution in [0.15, 0.2) is 17.7 Å². The molecule has 0 aliphatic rings. The highest BCUT2D eigenvalue weighted by atomic mass is 35.5. The number of anilines is 1. The van der Waals surface area contributed by atoms with Gasteiger partial charge in [-0.25, -0.2) is 4.39 Å². The molecule has 0 fully saturated rings. The average Bonchev–Trinajstić information content (AvgIpc) is 2.01. The summed E-state index contributed by atoms with van der Waals surface area (Å²) in [6.45, 7) is 0. The summed E-state index contributed by atoms with van der Waals surface area (Å²) in [4.78, 5) is 0. The molecular formula is C8H6Cl2FN. The summed E-state index contributed by atoms with van der Waals surface area (Å²) in [5.41, 5.74) is 7.26. The fourth-order valence-corrected chi connectivity index (χ4v) is 1.13. The Morgan fingerprint density at radius 1 is 1.42 bits per heavy atom. The molecule has 2 N–H and O–H groups in total. The largest absolute Gasteiger partial charge is 0.396 e. The van der Waals surface area contributed by atoms with Crippen LogP contribution in [0.2, 0.25) is 5.02 Å². The highest BCUT2D eigenvalue weighted by Crippen LogP contribution is 2.23. The molecule has 0 aliphatic carbocycles. The van der Waals surface area contributed by atoms with E-state index in [4.69, 9.17) is 28.9 Å². The molecule has 1 aromatic carbocycles. The van der Waals surface area contributed by atoms with Crippen LogP contribution in [0.4, 0.5) is 10.1 Å². The average molecular weight is 206 g/mol. The fourth-order valence-electron chi connectivity index (χ4n) is 0.779. The highest BCUT2D eigenvalue weighted by Gasteiger charge is 2.02. The van der Waals surface area contributed by atoms with Gasteiger partial charge in [0, 0.05) is 5.54 Å². The van der Waals surface area contributed by atoms with Gasteiger partial charge in [0.05, 0.1) is 10.7 Å². The van der Waals surface area contributed by atoms with Gasteiger partial charge in [0.2, 0.25) is 0 Å². The van der Waals surface area contributed by atoms with Gasteiger partial charge in [0.15, 0.2) is 0 Å². The molecule has 0 spiro atoms. The van der Waals surface area contributed by atoms with Crippen LogP contribution in [0.5, 0.6) is 0 Å². The molecule has 1 aromatic rings. The van der Waals surface area contributed by atoms with Gasteiger partial charge in [0.25, 0.3) is 0 Å². The molecule has 0 aliphatic heterocycles. The van der Waals surface area contributed by atoms with Crippen LogP contribution in [-0.4, -0.2) is 0 Å². The van der Waals surface area contributed by atoms with Crippen molar-refractivity contribution in [3.8, 4) is 0 Å². The van der Waals surface area contributed by atoms with Crippen molar-refractivity contribution in [2.75, 3.05) is 5.73 Å². The third kappa shape index (κ3) is 1.90. The van der Waals surface area contributed by atoms with Gasteiger partial charge in [-0.15, -0.1) is 0 Å². The van der Waals surface area contributed by atoms with E-state index in [2.05, 4.69) is 0 Å². The van der Waals surface area contributed by atoms with Crippen molar-refractivity contribution in [3.05, 3.63) is 34.1 Å². The van der Waals surface area contributed by atoms with Crippen LogP contribution in [0, 0.1) is 5.82 Å². The Kier molecular flexibility index (Phi) is 2.95. The van der Waals surface area contributed by atoms with E-state index < -0.39 is 5.82 Å². The second-order valence-corrected chi connectivity index (χ2v) is 2.85. The molecule has 0 atom stereocenters. The summed E-state index contributed by atoms with van der Waals surface area (Å²) in [6, 6.07) is 2.58. The second kappa shape index (κ2) is 3.78. The van der Waals surface area contributed by atoms with Gasteiger partial charge >= 0.3 is 0 Å². The second-order valence-electron chi connectivity index (χ2n) is 2.19. The van der Waals surface area contributed by atoms with E-state index in [-0.39, 0.29) is 5.69 Å². The zero-order valence-electron chi connectivity index (χ0n) is 6.02. The maximum atomic E-state index is 12.7. The number of hydrogen-bond donors (Lipinski definition) is 1. The summed E-state index contributed by atoms with van der Waals surface area (Å²) >= 11 is 11.0. The quantitative estimate of drug-likeness (QED) is 0.701. The summed E-state index contributed by atoms with van der Waals surface area (Å²) in [6.07, 6.45) is 1.54. The van der Waals surface area contributed by atoms with Crippen molar-refractivity contribution >= 4 is 35.0 Å². The predicted molar refractivity (Wildman–Crippen MR) is 50.7 cm³/mol. The van der Waals surface area contributed by atoms with E-state index in [1.54, 1.807) is 6.08 Å². The number of rotatable bonds is 1. The maximum Gasteiger partial charge on any atom is 0.147 e. The lowest BCUT2D eigenvalue weighted by molar-refractivity contribution is 0.632. The van der Waals surface area contributed by atoms with Gasteiger partial charge in [-0.1, -0.05) is 23.2 Å². The zero-order chi connectivity index (χ0) is 9.14. The first kappa shape index (κ1) is 9.36. The standard InChI is InChI=1S/C8H6Cl2FN/c9-2-1-5-3-8(12)7(11)4-6(5)10/h1-4H,12H2. The zero-order valence-corrected chi connectivity index (χ0v) is 7.53. The molecule has 64 valence electrons. The van der Waals surface area contributed by atoms with Crippen LogP contribution in [0.3, 0.4) is 0 Å². The van der Waals surface area contributed by atoms with Crippen LogP contribution in [0.25, 0.3) is 6.08 Å². The molecule has 0 saturated carbocycles. The lowest BCUT2D eigenvalue weighted by Crippen LogP contribution is -1.91. The number of nitrogens with two attached hydrogens (primary N) is 1. The van der Waals surface area contributed by atoms with Crippen molar-refractivity contribution < 1.29 is 4.39 Å². The molecule has 12 heavy (non-hydrogen) atoms. The third-order valence-electron chi connectivity index (χ3n) is 1.36. The minimum atomic E-state index is -0.522. The first-order valence-corrected chi connectivity index (χ1v) is 3.98. The Hall–Kier alpha value is -0.730. The van der Waals surface area contributed by atoms with Gasteiger partial charge in [-0.3, -0.25) is 0 Å². The van der Waals surface area contributed by atoms with E-state index in [1.165, 1.54) is 11.6 Å². The molecule has 0 aromatic heterocycles. The molecule has 0 radical (unpaired) electrons.